The standard InChI is InChI=1S/C12H11N5O2/c1-2-19-12(18)11-10(14)7-17(16-11)9-3-4-15-8(5-9)6-13/h3-5,7H,2,14H2,1H3. The van der Waals surface area contributed by atoms with Gasteiger partial charge in [0.05, 0.1) is 24.2 Å². The number of esters is 1. The van der Waals surface area contributed by atoms with E-state index >= 15 is 0 Å². The Balaban J connectivity index is 2.39. The van der Waals surface area contributed by atoms with Crippen molar-refractivity contribution in [1.29, 1.82) is 5.26 Å². The van der Waals surface area contributed by atoms with Crippen LogP contribution in [0.1, 0.15) is 23.1 Å². The molecule has 0 aromatic carbocycles. The second-order valence-corrected chi connectivity index (χ2v) is 3.61. The molecule has 0 aliphatic heterocycles. The fraction of sp³-hybridized carbons (Fsp3) is 0.167. The maximum Gasteiger partial charge on any atom is 0.361 e. The van der Waals surface area contributed by atoms with Crippen LogP contribution in [0.2, 0.25) is 0 Å². The molecule has 0 aliphatic carbocycles. The number of nitriles is 1. The van der Waals surface area contributed by atoms with Crippen LogP contribution >= 0.6 is 0 Å². The summed E-state index contributed by atoms with van der Waals surface area (Å²) in [6.07, 6.45) is 2.97. The summed E-state index contributed by atoms with van der Waals surface area (Å²) in [7, 11) is 0. The summed E-state index contributed by atoms with van der Waals surface area (Å²) in [5, 5.41) is 12.8. The minimum Gasteiger partial charge on any atom is -0.461 e. The lowest BCUT2D eigenvalue weighted by atomic mass is 10.3. The number of hydrogen-bond acceptors (Lipinski definition) is 6. The molecular weight excluding hydrogens is 246 g/mol. The van der Waals surface area contributed by atoms with Crippen LogP contribution in [0.25, 0.3) is 5.69 Å². The highest BCUT2D eigenvalue weighted by atomic mass is 16.5. The van der Waals surface area contributed by atoms with E-state index in [1.807, 2.05) is 6.07 Å². The molecule has 0 fully saturated rings. The van der Waals surface area contributed by atoms with Gasteiger partial charge in [-0.2, -0.15) is 10.4 Å². The Morgan fingerprint density at radius 2 is 2.42 bits per heavy atom. The zero-order chi connectivity index (χ0) is 13.8. The molecule has 7 heteroatoms. The first-order valence-electron chi connectivity index (χ1n) is 5.54. The summed E-state index contributed by atoms with van der Waals surface area (Å²) in [5.74, 6) is -0.576. The Kier molecular flexibility index (Phi) is 3.43. The summed E-state index contributed by atoms with van der Waals surface area (Å²) in [6, 6.07) is 5.12. The lowest BCUT2D eigenvalue weighted by Gasteiger charge is -2.00. The number of pyridine rings is 1. The van der Waals surface area contributed by atoms with Crippen LogP contribution in [0.15, 0.2) is 24.5 Å². The molecule has 2 aromatic rings. The molecular formula is C12H11N5O2. The molecule has 0 amide bonds. The quantitative estimate of drug-likeness (QED) is 0.818. The van der Waals surface area contributed by atoms with E-state index in [0.717, 1.165) is 0 Å². The van der Waals surface area contributed by atoms with Crippen molar-refractivity contribution >= 4 is 11.7 Å². The van der Waals surface area contributed by atoms with Gasteiger partial charge in [0.1, 0.15) is 11.8 Å². The lowest BCUT2D eigenvalue weighted by molar-refractivity contribution is 0.0520. The molecule has 2 rings (SSSR count). The lowest BCUT2D eigenvalue weighted by Crippen LogP contribution is -2.08. The van der Waals surface area contributed by atoms with Crippen molar-refractivity contribution in [3.05, 3.63) is 35.9 Å². The number of rotatable bonds is 3. The number of nitrogens with two attached hydrogens (primary N) is 1. The highest BCUT2D eigenvalue weighted by Gasteiger charge is 2.16. The maximum atomic E-state index is 11.6. The SMILES string of the molecule is CCOC(=O)c1nn(-c2ccnc(C#N)c2)cc1N. The van der Waals surface area contributed by atoms with Gasteiger partial charge in [-0.25, -0.2) is 14.5 Å². The molecule has 2 aromatic heterocycles. The van der Waals surface area contributed by atoms with Gasteiger partial charge >= 0.3 is 5.97 Å². The van der Waals surface area contributed by atoms with Crippen LogP contribution in [0.5, 0.6) is 0 Å². The summed E-state index contributed by atoms with van der Waals surface area (Å²) < 4.78 is 6.25. The molecule has 0 bridgehead atoms. The van der Waals surface area contributed by atoms with Gasteiger partial charge in [-0.15, -0.1) is 0 Å². The van der Waals surface area contributed by atoms with Crippen molar-refractivity contribution in [2.24, 2.45) is 0 Å². The van der Waals surface area contributed by atoms with E-state index in [0.29, 0.717) is 5.69 Å². The topological polar surface area (TPSA) is 107 Å². The fourth-order valence-electron chi connectivity index (χ4n) is 1.50. The number of nitrogens with zero attached hydrogens (tertiary/aromatic N) is 4. The Morgan fingerprint density at radius 1 is 1.63 bits per heavy atom. The van der Waals surface area contributed by atoms with Crippen molar-refractivity contribution < 1.29 is 9.53 Å². The number of nitrogen functional groups attached to an aromatic ring is 1. The number of carbonyl (C=O) groups is 1. The first-order chi connectivity index (χ1) is 9.15. The van der Waals surface area contributed by atoms with Crippen LogP contribution in [-0.2, 0) is 4.74 Å². The third-order valence-corrected chi connectivity index (χ3v) is 2.33. The normalized spacial score (nSPS) is 9.89. The van der Waals surface area contributed by atoms with Crippen molar-refractivity contribution in [1.82, 2.24) is 14.8 Å². The average Bonchev–Trinajstić information content (AvgIpc) is 2.81. The molecule has 0 saturated heterocycles. The first-order valence-corrected chi connectivity index (χ1v) is 5.54. The third kappa shape index (κ3) is 2.52. The zero-order valence-electron chi connectivity index (χ0n) is 10.2. The van der Waals surface area contributed by atoms with Crippen molar-refractivity contribution in [2.75, 3.05) is 12.3 Å². The summed E-state index contributed by atoms with van der Waals surface area (Å²) in [5.41, 5.74) is 6.83. The van der Waals surface area contributed by atoms with Crippen molar-refractivity contribution in [3.8, 4) is 11.8 Å². The number of carbonyl (C=O) groups excluding carboxylic acids is 1. The van der Waals surface area contributed by atoms with Crippen molar-refractivity contribution in [2.45, 2.75) is 6.92 Å². The minimum absolute atomic E-state index is 0.0529. The second-order valence-electron chi connectivity index (χ2n) is 3.61. The molecule has 2 heterocycles. The third-order valence-electron chi connectivity index (χ3n) is 2.33. The van der Waals surface area contributed by atoms with E-state index < -0.39 is 5.97 Å². The largest absolute Gasteiger partial charge is 0.461 e. The Labute approximate surface area is 109 Å². The first kappa shape index (κ1) is 12.6. The van der Waals surface area contributed by atoms with Gasteiger partial charge in [0.25, 0.3) is 0 Å². The highest BCUT2D eigenvalue weighted by molar-refractivity contribution is 5.92. The van der Waals surface area contributed by atoms with E-state index in [1.54, 1.807) is 19.1 Å². The Hall–Kier alpha value is -2.88. The van der Waals surface area contributed by atoms with Crippen LogP contribution < -0.4 is 5.73 Å². The highest BCUT2D eigenvalue weighted by Crippen LogP contribution is 2.15. The molecule has 7 nitrogen and oxygen atoms in total. The average molecular weight is 257 g/mol. The minimum atomic E-state index is -0.576. The molecule has 0 unspecified atom stereocenters. The molecule has 0 saturated carbocycles. The van der Waals surface area contributed by atoms with E-state index in [4.69, 9.17) is 15.7 Å². The Morgan fingerprint density at radius 3 is 3.11 bits per heavy atom. The number of anilines is 1. The van der Waals surface area contributed by atoms with E-state index in [-0.39, 0.29) is 23.7 Å². The number of hydrogen-bond donors (Lipinski definition) is 1. The number of ether oxygens (including phenoxy) is 1. The van der Waals surface area contributed by atoms with Crippen LogP contribution in [0.4, 0.5) is 5.69 Å². The van der Waals surface area contributed by atoms with Gasteiger partial charge in [0, 0.05) is 12.3 Å². The maximum absolute atomic E-state index is 11.6. The Bertz CT molecular complexity index is 656. The van der Waals surface area contributed by atoms with Crippen LogP contribution in [0.3, 0.4) is 0 Å². The summed E-state index contributed by atoms with van der Waals surface area (Å²) in [6.45, 7) is 1.95. The van der Waals surface area contributed by atoms with Gasteiger partial charge in [0.15, 0.2) is 5.69 Å². The van der Waals surface area contributed by atoms with Crippen LogP contribution in [-0.4, -0.2) is 27.3 Å². The second kappa shape index (κ2) is 5.18. The summed E-state index contributed by atoms with van der Waals surface area (Å²) in [4.78, 5) is 15.4. The predicted octanol–water partition coefficient (Wildman–Crippen LogP) is 0.898. The molecule has 2 N–H and O–H groups in total. The van der Waals surface area contributed by atoms with Gasteiger partial charge in [-0.1, -0.05) is 0 Å². The zero-order valence-corrected chi connectivity index (χ0v) is 10.2. The molecule has 19 heavy (non-hydrogen) atoms. The predicted molar refractivity (Wildman–Crippen MR) is 66.4 cm³/mol. The molecule has 0 radical (unpaired) electrons. The van der Waals surface area contributed by atoms with Gasteiger partial charge in [-0.3, -0.25) is 0 Å². The monoisotopic (exact) mass is 257 g/mol. The summed E-state index contributed by atoms with van der Waals surface area (Å²) >= 11 is 0. The molecule has 0 atom stereocenters. The van der Waals surface area contributed by atoms with E-state index in [1.165, 1.54) is 17.1 Å². The smallest absolute Gasteiger partial charge is 0.361 e. The number of aromatic nitrogens is 3. The fourth-order valence-corrected chi connectivity index (χ4v) is 1.50. The van der Waals surface area contributed by atoms with Crippen molar-refractivity contribution in [3.63, 3.8) is 0 Å². The van der Waals surface area contributed by atoms with Crippen LogP contribution in [0, 0.1) is 11.3 Å². The van der Waals surface area contributed by atoms with Gasteiger partial charge in [-0.05, 0) is 13.0 Å². The van der Waals surface area contributed by atoms with Gasteiger partial charge < -0.3 is 10.5 Å². The van der Waals surface area contributed by atoms with E-state index in [9.17, 15) is 4.79 Å². The molecule has 0 spiro atoms. The van der Waals surface area contributed by atoms with E-state index in [2.05, 4.69) is 10.1 Å². The van der Waals surface area contributed by atoms with Gasteiger partial charge in [0.2, 0.25) is 0 Å². The molecule has 96 valence electrons. The molecule has 0 aliphatic rings.